The maximum atomic E-state index is 10.7. The van der Waals surface area contributed by atoms with Crippen LogP contribution in [0, 0.1) is 5.92 Å². The maximum Gasteiger partial charge on any atom is 0.119 e. The largest absolute Gasteiger partial charge is 0.497 e. The van der Waals surface area contributed by atoms with Gasteiger partial charge in [-0.25, -0.2) is 0 Å². The summed E-state index contributed by atoms with van der Waals surface area (Å²) in [7, 11) is 1.68. The molecule has 0 aromatic heterocycles. The second-order valence-electron chi connectivity index (χ2n) is 6.47. The van der Waals surface area contributed by atoms with Gasteiger partial charge < -0.3 is 9.84 Å². The number of nitrogens with zero attached hydrogens (tertiary/aromatic N) is 1. The molecule has 0 spiro atoms. The Bertz CT molecular complexity index is 486. The second kappa shape index (κ2) is 5.38. The lowest BCUT2D eigenvalue weighted by Gasteiger charge is -2.34. The van der Waals surface area contributed by atoms with Gasteiger partial charge in [-0.1, -0.05) is 19.9 Å². The Morgan fingerprint density at radius 2 is 2.15 bits per heavy atom. The van der Waals surface area contributed by atoms with Crippen LogP contribution in [0.5, 0.6) is 5.75 Å². The van der Waals surface area contributed by atoms with Gasteiger partial charge in [-0.05, 0) is 55.0 Å². The highest BCUT2D eigenvalue weighted by Crippen LogP contribution is 2.40. The predicted octanol–water partition coefficient (Wildman–Crippen LogP) is 2.77. The van der Waals surface area contributed by atoms with Crippen molar-refractivity contribution in [1.82, 2.24) is 4.90 Å². The van der Waals surface area contributed by atoms with E-state index in [2.05, 4.69) is 24.8 Å². The van der Waals surface area contributed by atoms with Gasteiger partial charge in [0.15, 0.2) is 0 Å². The molecule has 0 bridgehead atoms. The first-order valence-electron chi connectivity index (χ1n) is 7.72. The number of hydrogen-bond acceptors (Lipinski definition) is 3. The molecule has 1 aromatic carbocycles. The molecule has 20 heavy (non-hydrogen) atoms. The van der Waals surface area contributed by atoms with Crippen molar-refractivity contribution in [1.29, 1.82) is 0 Å². The third-order valence-corrected chi connectivity index (χ3v) is 5.00. The van der Waals surface area contributed by atoms with Gasteiger partial charge in [0.1, 0.15) is 5.75 Å². The van der Waals surface area contributed by atoms with E-state index in [1.807, 2.05) is 12.1 Å². The summed E-state index contributed by atoms with van der Waals surface area (Å²) < 4.78 is 5.28. The molecule has 3 atom stereocenters. The van der Waals surface area contributed by atoms with Crippen LogP contribution in [0.2, 0.25) is 0 Å². The van der Waals surface area contributed by atoms with Crippen LogP contribution < -0.4 is 4.74 Å². The van der Waals surface area contributed by atoms with E-state index in [9.17, 15) is 5.11 Å². The number of aliphatic hydroxyl groups is 1. The highest BCUT2D eigenvalue weighted by Gasteiger charge is 2.40. The van der Waals surface area contributed by atoms with Crippen molar-refractivity contribution < 1.29 is 9.84 Å². The zero-order chi connectivity index (χ0) is 14.3. The summed E-state index contributed by atoms with van der Waals surface area (Å²) in [5.41, 5.74) is 2.33. The Kier molecular flexibility index (Phi) is 3.74. The summed E-state index contributed by atoms with van der Waals surface area (Å²) in [6.45, 7) is 5.71. The molecule has 1 heterocycles. The molecule has 0 saturated carbocycles. The summed E-state index contributed by atoms with van der Waals surface area (Å²) in [5.74, 6) is 1.49. The quantitative estimate of drug-likeness (QED) is 0.920. The fourth-order valence-corrected chi connectivity index (χ4v) is 3.95. The molecule has 3 rings (SSSR count). The summed E-state index contributed by atoms with van der Waals surface area (Å²) >= 11 is 0. The fourth-order valence-electron chi connectivity index (χ4n) is 3.95. The first kappa shape index (κ1) is 13.9. The molecular weight excluding hydrogens is 250 g/mol. The molecule has 110 valence electrons. The maximum absolute atomic E-state index is 10.7. The van der Waals surface area contributed by atoms with Crippen molar-refractivity contribution in [2.24, 2.45) is 5.92 Å². The van der Waals surface area contributed by atoms with Gasteiger partial charge in [0.05, 0.1) is 13.2 Å². The minimum atomic E-state index is -0.376. The van der Waals surface area contributed by atoms with E-state index in [0.29, 0.717) is 12.0 Å². The lowest BCUT2D eigenvalue weighted by molar-refractivity contribution is 0.0418. The molecule has 1 aromatic rings. The normalized spacial score (nSPS) is 29.9. The lowest BCUT2D eigenvalue weighted by atomic mass is 9.99. The molecule has 1 aliphatic heterocycles. The predicted molar refractivity (Wildman–Crippen MR) is 80.0 cm³/mol. The smallest absolute Gasteiger partial charge is 0.119 e. The van der Waals surface area contributed by atoms with Crippen molar-refractivity contribution in [3.05, 3.63) is 29.3 Å². The van der Waals surface area contributed by atoms with Crippen molar-refractivity contribution in [3.63, 3.8) is 0 Å². The minimum absolute atomic E-state index is 0.243. The number of aliphatic hydroxyl groups excluding tert-OH is 1. The Morgan fingerprint density at radius 1 is 1.35 bits per heavy atom. The fraction of sp³-hybridized carbons (Fsp3) is 0.647. The molecule has 3 unspecified atom stereocenters. The molecule has 0 amide bonds. The van der Waals surface area contributed by atoms with E-state index in [1.165, 1.54) is 18.4 Å². The van der Waals surface area contributed by atoms with Crippen molar-refractivity contribution in [2.75, 3.05) is 13.7 Å². The van der Waals surface area contributed by atoms with E-state index in [4.69, 9.17) is 4.74 Å². The van der Waals surface area contributed by atoms with E-state index in [-0.39, 0.29) is 12.1 Å². The van der Waals surface area contributed by atoms with E-state index in [1.54, 1.807) is 7.11 Å². The average molecular weight is 275 g/mol. The molecule has 2 aliphatic rings. The third kappa shape index (κ3) is 2.23. The topological polar surface area (TPSA) is 32.7 Å². The van der Waals surface area contributed by atoms with E-state index in [0.717, 1.165) is 24.3 Å². The highest BCUT2D eigenvalue weighted by atomic mass is 16.5. The molecule has 1 aliphatic carbocycles. The van der Waals surface area contributed by atoms with Gasteiger partial charge in [0, 0.05) is 12.1 Å². The van der Waals surface area contributed by atoms with Gasteiger partial charge in [0.2, 0.25) is 0 Å². The Balaban J connectivity index is 1.84. The van der Waals surface area contributed by atoms with Crippen molar-refractivity contribution >= 4 is 0 Å². The Labute approximate surface area is 121 Å². The molecule has 3 nitrogen and oxygen atoms in total. The number of benzene rings is 1. The molecule has 1 saturated heterocycles. The first-order valence-corrected chi connectivity index (χ1v) is 7.72. The van der Waals surface area contributed by atoms with Crippen LogP contribution in [-0.4, -0.2) is 35.7 Å². The summed E-state index contributed by atoms with van der Waals surface area (Å²) in [4.78, 5) is 2.54. The standard InChI is InChI=1S/C17H25NO2/c1-11(2)15-5-4-8-18(15)16-9-12-6-7-13(20-3)10-14(12)17(16)19/h6-7,10-11,15-17,19H,4-5,8-9H2,1-3H3. The van der Waals surface area contributed by atoms with Crippen molar-refractivity contribution in [3.8, 4) is 5.75 Å². The summed E-state index contributed by atoms with van der Waals surface area (Å²) in [5, 5.41) is 10.7. The number of hydrogen-bond donors (Lipinski definition) is 1. The number of fused-ring (bicyclic) bond motifs is 1. The number of likely N-dealkylation sites (tertiary alicyclic amines) is 1. The molecule has 1 N–H and O–H groups in total. The van der Waals surface area contributed by atoms with E-state index < -0.39 is 0 Å². The number of ether oxygens (including phenoxy) is 1. The average Bonchev–Trinajstić information content (AvgIpc) is 3.03. The van der Waals surface area contributed by atoms with E-state index >= 15 is 0 Å². The zero-order valence-corrected chi connectivity index (χ0v) is 12.7. The third-order valence-electron chi connectivity index (χ3n) is 5.00. The van der Waals surface area contributed by atoms with Gasteiger partial charge in [-0.2, -0.15) is 0 Å². The lowest BCUT2D eigenvalue weighted by Crippen LogP contribution is -2.43. The summed E-state index contributed by atoms with van der Waals surface area (Å²) in [6.07, 6.45) is 3.11. The molecule has 3 heteroatoms. The first-order chi connectivity index (χ1) is 9.61. The monoisotopic (exact) mass is 275 g/mol. The summed E-state index contributed by atoms with van der Waals surface area (Å²) in [6, 6.07) is 6.97. The zero-order valence-electron chi connectivity index (χ0n) is 12.7. The van der Waals surface area contributed by atoms with Crippen LogP contribution in [-0.2, 0) is 6.42 Å². The van der Waals surface area contributed by atoms with Gasteiger partial charge in [0.25, 0.3) is 0 Å². The van der Waals surface area contributed by atoms with Crippen LogP contribution in [0.25, 0.3) is 0 Å². The second-order valence-corrected chi connectivity index (χ2v) is 6.47. The van der Waals surface area contributed by atoms with Crippen LogP contribution in [0.4, 0.5) is 0 Å². The van der Waals surface area contributed by atoms with Gasteiger partial charge >= 0.3 is 0 Å². The van der Waals surface area contributed by atoms with Crippen LogP contribution in [0.3, 0.4) is 0 Å². The van der Waals surface area contributed by atoms with Gasteiger partial charge in [-0.15, -0.1) is 0 Å². The molecular formula is C17H25NO2. The van der Waals surface area contributed by atoms with Gasteiger partial charge in [-0.3, -0.25) is 4.90 Å². The van der Waals surface area contributed by atoms with Crippen LogP contribution >= 0.6 is 0 Å². The van der Waals surface area contributed by atoms with Crippen LogP contribution in [0.1, 0.15) is 43.9 Å². The van der Waals surface area contributed by atoms with Crippen molar-refractivity contribution in [2.45, 2.75) is 51.3 Å². The number of methoxy groups -OCH3 is 1. The molecule has 0 radical (unpaired) electrons. The number of rotatable bonds is 3. The Morgan fingerprint density at radius 3 is 2.85 bits per heavy atom. The Hall–Kier alpha value is -1.06. The SMILES string of the molecule is COc1ccc2c(c1)C(O)C(N1CCCC1C(C)C)C2. The minimum Gasteiger partial charge on any atom is -0.497 e. The molecule has 1 fully saturated rings. The highest BCUT2D eigenvalue weighted by molar-refractivity contribution is 5.42. The van der Waals surface area contributed by atoms with Crippen LogP contribution in [0.15, 0.2) is 18.2 Å².